The van der Waals surface area contributed by atoms with Gasteiger partial charge >= 0.3 is 0 Å². The Morgan fingerprint density at radius 2 is 1.93 bits per heavy atom. The Morgan fingerprint density at radius 3 is 2.63 bits per heavy atom. The second-order valence-electron chi connectivity index (χ2n) is 6.92. The zero-order valence-corrected chi connectivity index (χ0v) is 17.2. The number of sulfone groups is 1. The molecule has 2 N–H and O–H groups in total. The second-order valence-corrected chi connectivity index (χ2v) is 9.00. The van der Waals surface area contributed by atoms with Crippen LogP contribution in [0.2, 0.25) is 0 Å². The first-order valence-corrected chi connectivity index (χ1v) is 11.1. The smallest absolute Gasteiger partial charge is 0.191 e. The zero-order chi connectivity index (χ0) is 21.7. The molecule has 1 aliphatic heterocycles. The number of halogens is 3. The van der Waals surface area contributed by atoms with Gasteiger partial charge in [-0.1, -0.05) is 12.1 Å². The molecular weight excluding hydrogens is 417 g/mol. The van der Waals surface area contributed by atoms with E-state index >= 15 is 0 Å². The lowest BCUT2D eigenvalue weighted by Crippen LogP contribution is -2.45. The minimum Gasteiger partial charge on any atom is -0.367 e. The molecule has 0 spiro atoms. The van der Waals surface area contributed by atoms with Gasteiger partial charge in [0.15, 0.2) is 15.8 Å². The van der Waals surface area contributed by atoms with Crippen LogP contribution in [0, 0.1) is 17.5 Å². The number of guanidine groups is 1. The Balaban J connectivity index is 1.52. The first kappa shape index (κ1) is 21.9. The largest absolute Gasteiger partial charge is 0.367 e. The van der Waals surface area contributed by atoms with Crippen molar-refractivity contribution in [2.75, 3.05) is 37.3 Å². The fraction of sp³-hybridized carbons (Fsp3) is 0.350. The van der Waals surface area contributed by atoms with Crippen LogP contribution in [0.5, 0.6) is 0 Å². The van der Waals surface area contributed by atoms with Gasteiger partial charge in [0.1, 0.15) is 22.3 Å². The average Bonchev–Trinajstić information content (AvgIpc) is 3.15. The molecule has 1 saturated heterocycles. The Bertz CT molecular complexity index is 1030. The summed E-state index contributed by atoms with van der Waals surface area (Å²) in [5, 5.41) is 6.08. The van der Waals surface area contributed by atoms with Crippen LogP contribution in [0.15, 0.2) is 52.4 Å². The highest BCUT2D eigenvalue weighted by atomic mass is 32.2. The van der Waals surface area contributed by atoms with Gasteiger partial charge in [-0.15, -0.1) is 0 Å². The predicted octanol–water partition coefficient (Wildman–Crippen LogP) is 2.32. The summed E-state index contributed by atoms with van der Waals surface area (Å²) in [7, 11) is -2.23. The zero-order valence-electron chi connectivity index (χ0n) is 16.4. The Kier molecular flexibility index (Phi) is 6.86. The van der Waals surface area contributed by atoms with Gasteiger partial charge in [0.2, 0.25) is 0 Å². The number of rotatable bonds is 6. The molecule has 1 unspecified atom stereocenters. The standard InChI is InChI=1S/C20H23F3N4O2S/c1-24-20(25-9-11-30(28,29)19-5-3-2-4-16(19)22)26-15-8-10-27(13-15)18-7-6-14(21)12-17(18)23/h2-7,12,15H,8-11,13H2,1H3,(H2,24,25,26). The van der Waals surface area contributed by atoms with E-state index in [9.17, 15) is 21.6 Å². The Labute approximate surface area is 173 Å². The summed E-state index contributed by atoms with van der Waals surface area (Å²) < 4.78 is 65.5. The van der Waals surface area contributed by atoms with Gasteiger partial charge in [-0.05, 0) is 30.7 Å². The fourth-order valence-corrected chi connectivity index (χ4v) is 4.58. The molecule has 1 atom stereocenters. The molecule has 1 fully saturated rings. The molecule has 162 valence electrons. The summed E-state index contributed by atoms with van der Waals surface area (Å²) in [5.41, 5.74) is 0.333. The highest BCUT2D eigenvalue weighted by Crippen LogP contribution is 2.24. The molecule has 1 heterocycles. The van der Waals surface area contributed by atoms with Crippen LogP contribution >= 0.6 is 0 Å². The molecule has 0 saturated carbocycles. The minimum atomic E-state index is -3.78. The first-order chi connectivity index (χ1) is 14.3. The molecule has 2 aromatic carbocycles. The fourth-order valence-electron chi connectivity index (χ4n) is 3.33. The molecule has 10 heteroatoms. The van der Waals surface area contributed by atoms with Crippen molar-refractivity contribution in [2.45, 2.75) is 17.4 Å². The van der Waals surface area contributed by atoms with E-state index in [0.29, 0.717) is 31.2 Å². The molecule has 0 amide bonds. The van der Waals surface area contributed by atoms with Crippen molar-refractivity contribution >= 4 is 21.5 Å². The van der Waals surface area contributed by atoms with Crippen LogP contribution in [0.3, 0.4) is 0 Å². The quantitative estimate of drug-likeness (QED) is 0.533. The van der Waals surface area contributed by atoms with Crippen molar-refractivity contribution in [3.63, 3.8) is 0 Å². The number of nitrogens with zero attached hydrogens (tertiary/aromatic N) is 2. The van der Waals surface area contributed by atoms with Crippen molar-refractivity contribution in [3.8, 4) is 0 Å². The third-order valence-corrected chi connectivity index (χ3v) is 6.58. The molecule has 2 aromatic rings. The molecule has 1 aliphatic rings. The topological polar surface area (TPSA) is 73.8 Å². The van der Waals surface area contributed by atoms with Crippen LogP contribution in [0.4, 0.5) is 18.9 Å². The molecule has 0 aromatic heterocycles. The first-order valence-electron chi connectivity index (χ1n) is 9.44. The Hall–Kier alpha value is -2.75. The number of hydrogen-bond donors (Lipinski definition) is 2. The maximum atomic E-state index is 14.0. The van der Waals surface area contributed by atoms with Crippen LogP contribution in [-0.2, 0) is 9.84 Å². The average molecular weight is 440 g/mol. The summed E-state index contributed by atoms with van der Waals surface area (Å²) in [5.74, 6) is -1.92. The molecule has 0 radical (unpaired) electrons. The van der Waals surface area contributed by atoms with E-state index in [0.717, 1.165) is 12.1 Å². The lowest BCUT2D eigenvalue weighted by molar-refractivity contribution is 0.566. The van der Waals surface area contributed by atoms with Gasteiger partial charge < -0.3 is 15.5 Å². The van der Waals surface area contributed by atoms with E-state index in [4.69, 9.17) is 0 Å². The van der Waals surface area contributed by atoms with E-state index in [-0.39, 0.29) is 23.2 Å². The van der Waals surface area contributed by atoms with Gasteiger partial charge in [0, 0.05) is 38.8 Å². The van der Waals surface area contributed by atoms with E-state index in [1.807, 2.05) is 4.90 Å². The Morgan fingerprint density at radius 1 is 1.17 bits per heavy atom. The summed E-state index contributed by atoms with van der Waals surface area (Å²) in [4.78, 5) is 5.55. The van der Waals surface area contributed by atoms with E-state index in [2.05, 4.69) is 15.6 Å². The van der Waals surface area contributed by atoms with Crippen molar-refractivity contribution in [1.29, 1.82) is 0 Å². The molecule has 30 heavy (non-hydrogen) atoms. The van der Waals surface area contributed by atoms with Crippen LogP contribution in [-0.4, -0.2) is 52.9 Å². The van der Waals surface area contributed by atoms with Gasteiger partial charge in [-0.3, -0.25) is 4.99 Å². The van der Waals surface area contributed by atoms with Crippen molar-refractivity contribution < 1.29 is 21.6 Å². The number of anilines is 1. The monoisotopic (exact) mass is 440 g/mol. The highest BCUT2D eigenvalue weighted by Gasteiger charge is 2.25. The van der Waals surface area contributed by atoms with E-state index < -0.39 is 27.3 Å². The summed E-state index contributed by atoms with van der Waals surface area (Å²) in [6, 6.07) is 8.68. The lowest BCUT2D eigenvalue weighted by Gasteiger charge is -2.21. The van der Waals surface area contributed by atoms with E-state index in [1.54, 1.807) is 7.05 Å². The summed E-state index contributed by atoms with van der Waals surface area (Å²) >= 11 is 0. The van der Waals surface area contributed by atoms with Crippen molar-refractivity contribution in [1.82, 2.24) is 10.6 Å². The maximum Gasteiger partial charge on any atom is 0.191 e. The van der Waals surface area contributed by atoms with Crippen molar-refractivity contribution in [3.05, 3.63) is 59.9 Å². The van der Waals surface area contributed by atoms with Gasteiger partial charge in [-0.2, -0.15) is 0 Å². The van der Waals surface area contributed by atoms with Crippen LogP contribution < -0.4 is 15.5 Å². The maximum absolute atomic E-state index is 14.0. The molecule has 6 nitrogen and oxygen atoms in total. The normalized spacial score (nSPS) is 17.3. The molecule has 0 bridgehead atoms. The molecular formula is C20H23F3N4O2S. The van der Waals surface area contributed by atoms with E-state index in [1.165, 1.54) is 30.3 Å². The number of hydrogen-bond acceptors (Lipinski definition) is 4. The summed E-state index contributed by atoms with van der Waals surface area (Å²) in [6.45, 7) is 1.11. The number of nitrogens with one attached hydrogen (secondary N) is 2. The van der Waals surface area contributed by atoms with Crippen LogP contribution in [0.25, 0.3) is 0 Å². The van der Waals surface area contributed by atoms with Gasteiger partial charge in [-0.25, -0.2) is 21.6 Å². The molecule has 0 aliphatic carbocycles. The summed E-state index contributed by atoms with van der Waals surface area (Å²) in [6.07, 6.45) is 0.699. The number of benzene rings is 2. The van der Waals surface area contributed by atoms with Crippen LogP contribution in [0.1, 0.15) is 6.42 Å². The predicted molar refractivity (Wildman–Crippen MR) is 110 cm³/mol. The highest BCUT2D eigenvalue weighted by molar-refractivity contribution is 7.91. The van der Waals surface area contributed by atoms with Gasteiger partial charge in [0.25, 0.3) is 0 Å². The van der Waals surface area contributed by atoms with Gasteiger partial charge in [0.05, 0.1) is 11.4 Å². The minimum absolute atomic E-state index is 0.0410. The number of aliphatic imine (C=N–C) groups is 1. The molecule has 3 rings (SSSR count). The lowest BCUT2D eigenvalue weighted by atomic mass is 10.2. The third kappa shape index (κ3) is 5.24. The SMILES string of the molecule is CN=C(NCCS(=O)(=O)c1ccccc1F)NC1CCN(c2ccc(F)cc2F)C1. The van der Waals surface area contributed by atoms with Crippen molar-refractivity contribution in [2.24, 2.45) is 4.99 Å². The second kappa shape index (κ2) is 9.38. The third-order valence-electron chi connectivity index (χ3n) is 4.84.